The number of amides is 2. The SMILES string of the molecule is CNC1CN(NC)C(=O)N1NC. The molecular formula is C6H15N5O. The summed E-state index contributed by atoms with van der Waals surface area (Å²) in [5.74, 6) is 0. The summed E-state index contributed by atoms with van der Waals surface area (Å²) in [6.45, 7) is 0.632. The average molecular weight is 173 g/mol. The van der Waals surface area contributed by atoms with Gasteiger partial charge in [0, 0.05) is 14.1 Å². The molecule has 3 N–H and O–H groups in total. The fourth-order valence-electron chi connectivity index (χ4n) is 1.25. The van der Waals surface area contributed by atoms with Crippen molar-refractivity contribution >= 4 is 6.03 Å². The van der Waals surface area contributed by atoms with Crippen molar-refractivity contribution in [2.75, 3.05) is 27.7 Å². The fraction of sp³-hybridized carbons (Fsp3) is 0.833. The maximum Gasteiger partial charge on any atom is 0.350 e. The Morgan fingerprint density at radius 3 is 2.33 bits per heavy atom. The normalized spacial score (nSPS) is 23.9. The minimum atomic E-state index is -0.0700. The van der Waals surface area contributed by atoms with Crippen molar-refractivity contribution in [3.8, 4) is 0 Å². The van der Waals surface area contributed by atoms with Gasteiger partial charge < -0.3 is 0 Å². The van der Waals surface area contributed by atoms with Crippen LogP contribution in [-0.4, -0.2) is 49.9 Å². The Bertz CT molecular complexity index is 173. The maximum absolute atomic E-state index is 11.4. The van der Waals surface area contributed by atoms with E-state index >= 15 is 0 Å². The summed E-state index contributed by atoms with van der Waals surface area (Å²) in [6, 6.07) is -0.0700. The van der Waals surface area contributed by atoms with Crippen LogP contribution in [0.25, 0.3) is 0 Å². The number of nitrogens with zero attached hydrogens (tertiary/aromatic N) is 2. The zero-order valence-corrected chi connectivity index (χ0v) is 7.59. The lowest BCUT2D eigenvalue weighted by Gasteiger charge is -2.20. The summed E-state index contributed by atoms with van der Waals surface area (Å²) < 4.78 is 0. The minimum absolute atomic E-state index is 0.0231. The topological polar surface area (TPSA) is 59.6 Å². The molecule has 1 aliphatic rings. The third kappa shape index (κ3) is 1.36. The van der Waals surface area contributed by atoms with Gasteiger partial charge in [0.15, 0.2) is 0 Å². The molecule has 1 rings (SSSR count). The summed E-state index contributed by atoms with van der Waals surface area (Å²) in [4.78, 5) is 11.4. The van der Waals surface area contributed by atoms with Crippen LogP contribution in [0, 0.1) is 0 Å². The van der Waals surface area contributed by atoms with Crippen LogP contribution in [0.15, 0.2) is 0 Å². The number of rotatable bonds is 3. The van der Waals surface area contributed by atoms with Gasteiger partial charge in [-0.2, -0.15) is 0 Å². The molecule has 12 heavy (non-hydrogen) atoms. The summed E-state index contributed by atoms with van der Waals surface area (Å²) in [6.07, 6.45) is 0.0231. The van der Waals surface area contributed by atoms with Gasteiger partial charge >= 0.3 is 6.03 Å². The third-order valence-electron chi connectivity index (χ3n) is 1.95. The Labute approximate surface area is 71.8 Å². The van der Waals surface area contributed by atoms with Crippen LogP contribution in [0.4, 0.5) is 4.79 Å². The van der Waals surface area contributed by atoms with E-state index < -0.39 is 0 Å². The molecule has 0 aromatic carbocycles. The number of hydrazine groups is 2. The Morgan fingerprint density at radius 2 is 2.00 bits per heavy atom. The van der Waals surface area contributed by atoms with Crippen molar-refractivity contribution in [2.24, 2.45) is 0 Å². The molecule has 1 atom stereocenters. The third-order valence-corrected chi connectivity index (χ3v) is 1.95. The second-order valence-corrected chi connectivity index (χ2v) is 2.51. The molecule has 0 aromatic heterocycles. The van der Waals surface area contributed by atoms with Crippen molar-refractivity contribution in [2.45, 2.75) is 6.17 Å². The molecule has 1 heterocycles. The molecule has 0 aliphatic carbocycles. The number of likely N-dealkylation sites (N-methyl/N-ethyl adjacent to an activating group) is 1. The summed E-state index contributed by atoms with van der Waals surface area (Å²) >= 11 is 0. The van der Waals surface area contributed by atoms with E-state index in [1.165, 1.54) is 10.0 Å². The van der Waals surface area contributed by atoms with Gasteiger partial charge in [0.2, 0.25) is 0 Å². The van der Waals surface area contributed by atoms with E-state index in [0.29, 0.717) is 6.54 Å². The van der Waals surface area contributed by atoms with Crippen LogP contribution in [0.5, 0.6) is 0 Å². The van der Waals surface area contributed by atoms with Gasteiger partial charge in [-0.05, 0) is 7.05 Å². The van der Waals surface area contributed by atoms with Crippen LogP contribution in [0.3, 0.4) is 0 Å². The molecule has 0 aromatic rings. The second-order valence-electron chi connectivity index (χ2n) is 2.51. The summed E-state index contributed by atoms with van der Waals surface area (Å²) in [5.41, 5.74) is 5.62. The predicted octanol–water partition coefficient (Wildman–Crippen LogP) is -1.46. The highest BCUT2D eigenvalue weighted by atomic mass is 16.2. The van der Waals surface area contributed by atoms with E-state index in [2.05, 4.69) is 16.2 Å². The van der Waals surface area contributed by atoms with E-state index in [0.717, 1.165) is 0 Å². The maximum atomic E-state index is 11.4. The van der Waals surface area contributed by atoms with Crippen LogP contribution in [-0.2, 0) is 0 Å². The highest BCUT2D eigenvalue weighted by molar-refractivity contribution is 5.75. The van der Waals surface area contributed by atoms with Gasteiger partial charge in [0.1, 0.15) is 6.17 Å². The highest BCUT2D eigenvalue weighted by Gasteiger charge is 2.35. The molecule has 1 saturated heterocycles. The van der Waals surface area contributed by atoms with Crippen LogP contribution in [0.1, 0.15) is 0 Å². The van der Waals surface area contributed by atoms with E-state index in [1.807, 2.05) is 7.05 Å². The van der Waals surface area contributed by atoms with Crippen LogP contribution >= 0.6 is 0 Å². The van der Waals surface area contributed by atoms with E-state index in [1.54, 1.807) is 14.1 Å². The number of hydrogen-bond acceptors (Lipinski definition) is 4. The molecule has 6 heteroatoms. The predicted molar refractivity (Wildman–Crippen MR) is 44.9 cm³/mol. The molecule has 0 spiro atoms. The van der Waals surface area contributed by atoms with Gasteiger partial charge in [-0.15, -0.1) is 0 Å². The van der Waals surface area contributed by atoms with Gasteiger partial charge in [0.05, 0.1) is 6.54 Å². The molecule has 0 saturated carbocycles. The van der Waals surface area contributed by atoms with Gasteiger partial charge in [0.25, 0.3) is 0 Å². The highest BCUT2D eigenvalue weighted by Crippen LogP contribution is 2.07. The quantitative estimate of drug-likeness (QED) is 0.488. The first-order valence-electron chi connectivity index (χ1n) is 3.87. The monoisotopic (exact) mass is 173 g/mol. The van der Waals surface area contributed by atoms with Crippen molar-refractivity contribution in [3.05, 3.63) is 0 Å². The van der Waals surface area contributed by atoms with Crippen LogP contribution < -0.4 is 16.2 Å². The number of urea groups is 1. The average Bonchev–Trinajstić information content (AvgIpc) is 2.41. The Kier molecular flexibility index (Phi) is 2.85. The number of carbonyl (C=O) groups excluding carboxylic acids is 1. The Morgan fingerprint density at radius 1 is 1.33 bits per heavy atom. The molecule has 2 amide bonds. The minimum Gasteiger partial charge on any atom is -0.298 e. The first kappa shape index (κ1) is 9.24. The second kappa shape index (κ2) is 3.70. The van der Waals surface area contributed by atoms with Crippen molar-refractivity contribution in [1.82, 2.24) is 26.2 Å². The van der Waals surface area contributed by atoms with Crippen molar-refractivity contribution in [3.63, 3.8) is 0 Å². The lowest BCUT2D eigenvalue weighted by atomic mass is 10.5. The summed E-state index contributed by atoms with van der Waals surface area (Å²) in [7, 11) is 5.27. The first-order valence-corrected chi connectivity index (χ1v) is 3.87. The molecule has 1 unspecified atom stereocenters. The zero-order valence-electron chi connectivity index (χ0n) is 7.59. The number of carbonyl (C=O) groups is 1. The largest absolute Gasteiger partial charge is 0.350 e. The molecule has 0 bridgehead atoms. The first-order chi connectivity index (χ1) is 5.74. The van der Waals surface area contributed by atoms with Crippen LogP contribution in [0.2, 0.25) is 0 Å². The smallest absolute Gasteiger partial charge is 0.298 e. The summed E-state index contributed by atoms with van der Waals surface area (Å²) in [5, 5.41) is 6.10. The molecule has 0 radical (unpaired) electrons. The molecular weight excluding hydrogens is 158 g/mol. The van der Waals surface area contributed by atoms with Gasteiger partial charge in [-0.3, -0.25) is 10.3 Å². The van der Waals surface area contributed by atoms with E-state index in [9.17, 15) is 4.79 Å². The van der Waals surface area contributed by atoms with E-state index in [4.69, 9.17) is 0 Å². The van der Waals surface area contributed by atoms with E-state index in [-0.39, 0.29) is 12.2 Å². The Hall–Kier alpha value is -0.850. The lowest BCUT2D eigenvalue weighted by molar-refractivity contribution is 0.156. The number of nitrogens with one attached hydrogen (secondary N) is 3. The standard InChI is InChI=1S/C6H15N5O/c1-7-5-4-10(8-2)6(12)11(5)9-3/h5,7-9H,4H2,1-3H3. The zero-order chi connectivity index (χ0) is 9.14. The molecule has 70 valence electrons. The molecule has 1 fully saturated rings. The Balaban J connectivity index is 2.65. The van der Waals surface area contributed by atoms with Crippen molar-refractivity contribution < 1.29 is 4.79 Å². The molecule has 1 aliphatic heterocycles. The van der Waals surface area contributed by atoms with Gasteiger partial charge in [-0.1, -0.05) is 0 Å². The number of hydrogen-bond donors (Lipinski definition) is 3. The van der Waals surface area contributed by atoms with Crippen molar-refractivity contribution in [1.29, 1.82) is 0 Å². The fourth-order valence-corrected chi connectivity index (χ4v) is 1.25. The lowest BCUT2D eigenvalue weighted by Crippen LogP contribution is -2.49. The molecule has 6 nitrogen and oxygen atoms in total. The van der Waals surface area contributed by atoms with Gasteiger partial charge in [-0.25, -0.2) is 20.7 Å².